The van der Waals surface area contributed by atoms with Crippen LogP contribution in [0.4, 0.5) is 4.79 Å². The van der Waals surface area contributed by atoms with E-state index < -0.39 is 12.1 Å². The average molecular weight is 260 g/mol. The van der Waals surface area contributed by atoms with Crippen LogP contribution in [0.25, 0.3) is 0 Å². The largest absolute Gasteiger partial charge is 0.479 e. The standard InChI is InChI=1S/C11H20N2O5/c1-18-9(10(15)16)7-12-11(17)13(5-6-14)8-3-2-4-8/h8-9,14H,2-7H2,1H3,(H,12,17)(H,15,16). The molecule has 0 aromatic rings. The molecule has 7 nitrogen and oxygen atoms in total. The fourth-order valence-electron chi connectivity index (χ4n) is 1.81. The third-order valence-corrected chi connectivity index (χ3v) is 3.12. The SMILES string of the molecule is COC(CNC(=O)N(CCO)C1CCC1)C(=O)O. The van der Waals surface area contributed by atoms with Crippen LogP contribution in [0.15, 0.2) is 0 Å². The molecule has 1 unspecified atom stereocenters. The molecule has 1 aliphatic carbocycles. The molecule has 0 radical (unpaired) electrons. The summed E-state index contributed by atoms with van der Waals surface area (Å²) in [6.45, 7) is 0.0804. The van der Waals surface area contributed by atoms with Crippen molar-refractivity contribution in [2.24, 2.45) is 0 Å². The van der Waals surface area contributed by atoms with E-state index in [1.807, 2.05) is 0 Å². The predicted octanol–water partition coefficient (Wildman–Crippen LogP) is -0.358. The number of rotatable bonds is 7. The number of carbonyl (C=O) groups is 2. The lowest BCUT2D eigenvalue weighted by Crippen LogP contribution is -2.52. The van der Waals surface area contributed by atoms with Gasteiger partial charge < -0.3 is 25.2 Å². The van der Waals surface area contributed by atoms with Gasteiger partial charge in [-0.2, -0.15) is 0 Å². The molecule has 1 atom stereocenters. The first-order chi connectivity index (χ1) is 8.60. The Morgan fingerprint density at radius 3 is 2.56 bits per heavy atom. The quantitative estimate of drug-likeness (QED) is 0.580. The molecule has 0 aromatic heterocycles. The maximum absolute atomic E-state index is 11.9. The number of carbonyl (C=O) groups excluding carboxylic acids is 1. The fourth-order valence-corrected chi connectivity index (χ4v) is 1.81. The topological polar surface area (TPSA) is 99.1 Å². The Bertz CT molecular complexity index is 293. The van der Waals surface area contributed by atoms with Gasteiger partial charge in [-0.25, -0.2) is 9.59 Å². The van der Waals surface area contributed by atoms with Crippen molar-refractivity contribution in [1.82, 2.24) is 10.2 Å². The summed E-state index contributed by atoms with van der Waals surface area (Å²) in [5.74, 6) is -1.12. The van der Waals surface area contributed by atoms with Gasteiger partial charge in [0.05, 0.1) is 13.2 Å². The number of methoxy groups -OCH3 is 1. The Hall–Kier alpha value is -1.34. The highest BCUT2D eigenvalue weighted by Crippen LogP contribution is 2.24. The number of ether oxygens (including phenoxy) is 1. The van der Waals surface area contributed by atoms with E-state index >= 15 is 0 Å². The summed E-state index contributed by atoms with van der Waals surface area (Å²) in [5, 5.41) is 20.2. The monoisotopic (exact) mass is 260 g/mol. The van der Waals surface area contributed by atoms with Gasteiger partial charge in [-0.1, -0.05) is 0 Å². The number of carboxylic acids is 1. The van der Waals surface area contributed by atoms with E-state index in [0.29, 0.717) is 0 Å². The van der Waals surface area contributed by atoms with Crippen LogP contribution < -0.4 is 5.32 Å². The first kappa shape index (κ1) is 14.7. The van der Waals surface area contributed by atoms with Crippen molar-refractivity contribution in [2.45, 2.75) is 31.4 Å². The zero-order chi connectivity index (χ0) is 13.5. The molecule has 104 valence electrons. The zero-order valence-electron chi connectivity index (χ0n) is 10.5. The van der Waals surface area contributed by atoms with Crippen LogP contribution in [0, 0.1) is 0 Å². The minimum absolute atomic E-state index is 0.0840. The second-order valence-electron chi connectivity index (χ2n) is 4.25. The molecule has 1 rings (SSSR count). The van der Waals surface area contributed by atoms with Gasteiger partial charge in [0.25, 0.3) is 0 Å². The number of aliphatic carboxylic acids is 1. The van der Waals surface area contributed by atoms with Crippen LogP contribution in [0.1, 0.15) is 19.3 Å². The number of urea groups is 1. The highest BCUT2D eigenvalue weighted by atomic mass is 16.5. The van der Waals surface area contributed by atoms with Gasteiger partial charge in [-0.3, -0.25) is 0 Å². The average Bonchev–Trinajstić information content (AvgIpc) is 2.26. The highest BCUT2D eigenvalue weighted by Gasteiger charge is 2.29. The number of carboxylic acid groups (broad SMARTS) is 1. The number of amides is 2. The van der Waals surface area contributed by atoms with E-state index in [9.17, 15) is 9.59 Å². The van der Waals surface area contributed by atoms with Crippen LogP contribution in [0.5, 0.6) is 0 Å². The number of aliphatic hydroxyl groups is 1. The molecule has 0 saturated heterocycles. The van der Waals surface area contributed by atoms with Crippen LogP contribution in [0.2, 0.25) is 0 Å². The molecule has 2 amide bonds. The summed E-state index contributed by atoms with van der Waals surface area (Å²) in [5.41, 5.74) is 0. The molecular weight excluding hydrogens is 240 g/mol. The summed E-state index contributed by atoms with van der Waals surface area (Å²) >= 11 is 0. The van der Waals surface area contributed by atoms with Crippen molar-refractivity contribution in [3.63, 3.8) is 0 Å². The van der Waals surface area contributed by atoms with Gasteiger partial charge in [0.1, 0.15) is 0 Å². The molecule has 0 aliphatic heterocycles. The van der Waals surface area contributed by atoms with Gasteiger partial charge in [0.2, 0.25) is 0 Å². The molecule has 18 heavy (non-hydrogen) atoms. The Labute approximate surface area is 106 Å². The van der Waals surface area contributed by atoms with Crippen LogP contribution >= 0.6 is 0 Å². The summed E-state index contributed by atoms with van der Waals surface area (Å²) in [7, 11) is 1.28. The number of aliphatic hydroxyl groups excluding tert-OH is 1. The number of nitrogens with one attached hydrogen (secondary N) is 1. The van der Waals surface area contributed by atoms with Gasteiger partial charge in [0.15, 0.2) is 6.10 Å². The van der Waals surface area contributed by atoms with E-state index in [0.717, 1.165) is 19.3 Å². The lowest BCUT2D eigenvalue weighted by Gasteiger charge is -2.37. The molecule has 7 heteroatoms. The molecule has 0 spiro atoms. The van der Waals surface area contributed by atoms with E-state index in [2.05, 4.69) is 5.32 Å². The maximum Gasteiger partial charge on any atom is 0.334 e. The Morgan fingerprint density at radius 1 is 1.50 bits per heavy atom. The van der Waals surface area contributed by atoms with Crippen molar-refractivity contribution in [1.29, 1.82) is 0 Å². The molecule has 0 aromatic carbocycles. The fraction of sp³-hybridized carbons (Fsp3) is 0.818. The van der Waals surface area contributed by atoms with E-state index in [1.54, 1.807) is 4.90 Å². The number of nitrogens with zero attached hydrogens (tertiary/aromatic N) is 1. The van der Waals surface area contributed by atoms with E-state index in [4.69, 9.17) is 14.9 Å². The molecule has 3 N–H and O–H groups in total. The van der Waals surface area contributed by atoms with Crippen molar-refractivity contribution >= 4 is 12.0 Å². The Morgan fingerprint density at radius 2 is 2.17 bits per heavy atom. The minimum Gasteiger partial charge on any atom is -0.479 e. The van der Waals surface area contributed by atoms with Gasteiger partial charge >= 0.3 is 12.0 Å². The first-order valence-electron chi connectivity index (χ1n) is 6.01. The zero-order valence-corrected chi connectivity index (χ0v) is 10.5. The molecule has 0 bridgehead atoms. The van der Waals surface area contributed by atoms with E-state index in [1.165, 1.54) is 7.11 Å². The molecule has 1 saturated carbocycles. The third-order valence-electron chi connectivity index (χ3n) is 3.12. The lowest BCUT2D eigenvalue weighted by atomic mass is 9.92. The summed E-state index contributed by atoms with van der Waals surface area (Å²) in [6, 6.07) is -0.194. The lowest BCUT2D eigenvalue weighted by molar-refractivity contribution is -0.148. The van der Waals surface area contributed by atoms with Crippen molar-refractivity contribution in [3.8, 4) is 0 Å². The second-order valence-corrected chi connectivity index (χ2v) is 4.25. The van der Waals surface area contributed by atoms with Crippen molar-refractivity contribution in [2.75, 3.05) is 26.8 Å². The number of hydrogen-bond donors (Lipinski definition) is 3. The smallest absolute Gasteiger partial charge is 0.334 e. The molecule has 1 fully saturated rings. The predicted molar refractivity (Wildman–Crippen MR) is 63.3 cm³/mol. The molecule has 1 aliphatic rings. The number of hydrogen-bond acceptors (Lipinski definition) is 4. The summed E-state index contributed by atoms with van der Waals surface area (Å²) < 4.78 is 4.72. The van der Waals surface area contributed by atoms with Gasteiger partial charge in [-0.15, -0.1) is 0 Å². The Kier molecular flexibility index (Phi) is 5.87. The van der Waals surface area contributed by atoms with Crippen molar-refractivity contribution in [3.05, 3.63) is 0 Å². The van der Waals surface area contributed by atoms with Crippen LogP contribution in [-0.2, 0) is 9.53 Å². The Balaban J connectivity index is 2.43. The van der Waals surface area contributed by atoms with Gasteiger partial charge in [-0.05, 0) is 19.3 Å². The third kappa shape index (κ3) is 3.85. The van der Waals surface area contributed by atoms with Gasteiger partial charge in [0, 0.05) is 19.7 Å². The maximum atomic E-state index is 11.9. The summed E-state index contributed by atoms with van der Waals surface area (Å²) in [6.07, 6.45) is 1.89. The van der Waals surface area contributed by atoms with Crippen molar-refractivity contribution < 1.29 is 24.5 Å². The van der Waals surface area contributed by atoms with Crippen LogP contribution in [0.3, 0.4) is 0 Å². The molecule has 0 heterocycles. The minimum atomic E-state index is -1.12. The first-order valence-corrected chi connectivity index (χ1v) is 6.01. The van der Waals surface area contributed by atoms with Crippen LogP contribution in [-0.4, -0.2) is 66.1 Å². The normalized spacial score (nSPS) is 16.8. The second kappa shape index (κ2) is 7.17. The van der Waals surface area contributed by atoms with E-state index in [-0.39, 0.29) is 31.8 Å². The summed E-state index contributed by atoms with van der Waals surface area (Å²) in [4.78, 5) is 24.1. The molecular formula is C11H20N2O5. The highest BCUT2D eigenvalue weighted by molar-refractivity contribution is 5.77.